The van der Waals surface area contributed by atoms with Gasteiger partial charge in [0.25, 0.3) is 5.91 Å². The first-order valence-electron chi connectivity index (χ1n) is 6.31. The highest BCUT2D eigenvalue weighted by Crippen LogP contribution is 2.30. The summed E-state index contributed by atoms with van der Waals surface area (Å²) in [6, 6.07) is 8.12. The van der Waals surface area contributed by atoms with E-state index in [2.05, 4.69) is 0 Å². The second-order valence-electron chi connectivity index (χ2n) is 5.11. The zero-order valence-corrected chi connectivity index (χ0v) is 10.4. The summed E-state index contributed by atoms with van der Waals surface area (Å²) < 4.78 is 0. The molecule has 1 heterocycles. The van der Waals surface area contributed by atoms with Crippen LogP contribution in [0.2, 0.25) is 0 Å². The summed E-state index contributed by atoms with van der Waals surface area (Å²) in [5, 5.41) is 0. The smallest absolute Gasteiger partial charge is 0.312 e. The minimum absolute atomic E-state index is 0.0764. The minimum atomic E-state index is -0.122. The number of rotatable bonds is 3. The van der Waals surface area contributed by atoms with Crippen LogP contribution in [-0.4, -0.2) is 34.3 Å². The third kappa shape index (κ3) is 1.98. The van der Waals surface area contributed by atoms with Gasteiger partial charge in [0.15, 0.2) is 0 Å². The van der Waals surface area contributed by atoms with Crippen LogP contribution in [0.1, 0.15) is 24.0 Å². The van der Waals surface area contributed by atoms with Gasteiger partial charge in [0.1, 0.15) is 6.54 Å². The second kappa shape index (κ2) is 4.12. The van der Waals surface area contributed by atoms with E-state index in [1.807, 2.05) is 31.2 Å². The third-order valence-corrected chi connectivity index (χ3v) is 3.53. The molecule has 0 unspecified atom stereocenters. The van der Waals surface area contributed by atoms with Crippen molar-refractivity contribution in [3.8, 4) is 0 Å². The topological polar surface area (TPSA) is 40.6 Å². The maximum Gasteiger partial charge on any atom is 0.327 e. The number of benzene rings is 1. The number of carbonyl (C=O) groups excluding carboxylic acids is 2. The van der Waals surface area contributed by atoms with E-state index < -0.39 is 0 Å². The van der Waals surface area contributed by atoms with Crippen molar-refractivity contribution >= 4 is 11.9 Å². The van der Waals surface area contributed by atoms with Crippen LogP contribution in [0.25, 0.3) is 0 Å². The lowest BCUT2D eigenvalue weighted by molar-refractivity contribution is -0.125. The Kier molecular flexibility index (Phi) is 2.58. The van der Waals surface area contributed by atoms with Crippen molar-refractivity contribution in [2.75, 3.05) is 6.54 Å². The van der Waals surface area contributed by atoms with Gasteiger partial charge in [-0.1, -0.05) is 29.8 Å². The van der Waals surface area contributed by atoms with Crippen molar-refractivity contribution in [3.63, 3.8) is 0 Å². The number of hydrogen-bond donors (Lipinski definition) is 0. The molecule has 3 rings (SSSR count). The van der Waals surface area contributed by atoms with E-state index in [4.69, 9.17) is 0 Å². The van der Waals surface area contributed by atoms with Gasteiger partial charge in [0, 0.05) is 6.04 Å². The summed E-state index contributed by atoms with van der Waals surface area (Å²) in [5.41, 5.74) is 2.18. The molecule has 1 aliphatic heterocycles. The Morgan fingerprint density at radius 3 is 2.44 bits per heavy atom. The zero-order valence-electron chi connectivity index (χ0n) is 10.4. The van der Waals surface area contributed by atoms with Crippen molar-refractivity contribution in [1.82, 2.24) is 9.80 Å². The van der Waals surface area contributed by atoms with Crippen molar-refractivity contribution < 1.29 is 9.59 Å². The van der Waals surface area contributed by atoms with E-state index >= 15 is 0 Å². The number of hydrogen-bond acceptors (Lipinski definition) is 2. The van der Waals surface area contributed by atoms with Crippen LogP contribution in [0, 0.1) is 6.92 Å². The Morgan fingerprint density at radius 2 is 1.83 bits per heavy atom. The van der Waals surface area contributed by atoms with Crippen molar-refractivity contribution in [2.24, 2.45) is 0 Å². The van der Waals surface area contributed by atoms with Gasteiger partial charge in [-0.2, -0.15) is 0 Å². The van der Waals surface area contributed by atoms with Crippen LogP contribution in [0.3, 0.4) is 0 Å². The molecular formula is C14H16N2O2. The molecule has 4 heteroatoms. The Labute approximate surface area is 106 Å². The zero-order chi connectivity index (χ0) is 12.7. The van der Waals surface area contributed by atoms with Gasteiger partial charge in [0.2, 0.25) is 0 Å². The number of urea groups is 1. The number of imide groups is 1. The van der Waals surface area contributed by atoms with E-state index in [-0.39, 0.29) is 18.5 Å². The van der Waals surface area contributed by atoms with E-state index in [0.717, 1.165) is 18.4 Å². The van der Waals surface area contributed by atoms with Crippen LogP contribution in [0.4, 0.5) is 4.79 Å². The molecule has 4 nitrogen and oxygen atoms in total. The predicted octanol–water partition coefficient (Wildman–Crippen LogP) is 1.92. The van der Waals surface area contributed by atoms with Crippen molar-refractivity contribution in [1.29, 1.82) is 0 Å². The fourth-order valence-corrected chi connectivity index (χ4v) is 2.26. The molecule has 1 aliphatic carbocycles. The van der Waals surface area contributed by atoms with Crippen LogP contribution >= 0.6 is 0 Å². The normalized spacial score (nSPS) is 19.8. The maximum atomic E-state index is 12.1. The highest BCUT2D eigenvalue weighted by Gasteiger charge is 2.43. The molecule has 1 aromatic carbocycles. The first kappa shape index (κ1) is 11.3. The summed E-state index contributed by atoms with van der Waals surface area (Å²) in [6.07, 6.45) is 2.08. The van der Waals surface area contributed by atoms with Crippen LogP contribution in [0.5, 0.6) is 0 Å². The number of nitrogens with zero attached hydrogens (tertiary/aromatic N) is 2. The average molecular weight is 244 g/mol. The lowest BCUT2D eigenvalue weighted by Crippen LogP contribution is -2.33. The van der Waals surface area contributed by atoms with Crippen LogP contribution in [-0.2, 0) is 11.3 Å². The lowest BCUT2D eigenvalue weighted by atomic mass is 10.1. The minimum Gasteiger partial charge on any atom is -0.312 e. The molecule has 0 aromatic heterocycles. The van der Waals surface area contributed by atoms with Gasteiger partial charge >= 0.3 is 6.03 Å². The molecule has 3 amide bonds. The molecule has 0 atom stereocenters. The van der Waals surface area contributed by atoms with Gasteiger partial charge in [-0.25, -0.2) is 4.79 Å². The monoisotopic (exact) mass is 244 g/mol. The SMILES string of the molecule is Cc1ccc(CN2C(=O)CN(C3CC3)C2=O)cc1. The number of aryl methyl sites for hydroxylation is 1. The molecule has 18 heavy (non-hydrogen) atoms. The first-order valence-corrected chi connectivity index (χ1v) is 6.31. The van der Waals surface area contributed by atoms with Gasteiger partial charge in [-0.15, -0.1) is 0 Å². The quantitative estimate of drug-likeness (QED) is 0.762. The first-order chi connectivity index (χ1) is 8.65. The maximum absolute atomic E-state index is 12.1. The molecule has 1 aromatic rings. The van der Waals surface area contributed by atoms with E-state index in [9.17, 15) is 9.59 Å². The van der Waals surface area contributed by atoms with Gasteiger partial charge < -0.3 is 4.90 Å². The molecular weight excluding hydrogens is 228 g/mol. The molecule has 2 aliphatic rings. The number of carbonyl (C=O) groups is 2. The fraction of sp³-hybridized carbons (Fsp3) is 0.429. The van der Waals surface area contributed by atoms with Crippen LogP contribution < -0.4 is 0 Å². The van der Waals surface area contributed by atoms with E-state index in [0.29, 0.717) is 12.6 Å². The highest BCUT2D eigenvalue weighted by molar-refractivity contribution is 6.02. The third-order valence-electron chi connectivity index (χ3n) is 3.53. The summed E-state index contributed by atoms with van der Waals surface area (Å²) in [7, 11) is 0. The fourth-order valence-electron chi connectivity index (χ4n) is 2.26. The van der Waals surface area contributed by atoms with Crippen molar-refractivity contribution in [2.45, 2.75) is 32.4 Å². The molecule has 1 saturated heterocycles. The lowest BCUT2D eigenvalue weighted by Gasteiger charge is -2.16. The predicted molar refractivity (Wildman–Crippen MR) is 66.9 cm³/mol. The van der Waals surface area contributed by atoms with Crippen LogP contribution in [0.15, 0.2) is 24.3 Å². The van der Waals surface area contributed by atoms with Gasteiger partial charge in [0.05, 0.1) is 6.54 Å². The molecule has 0 radical (unpaired) electrons. The van der Waals surface area contributed by atoms with Crippen molar-refractivity contribution in [3.05, 3.63) is 35.4 Å². The molecule has 94 valence electrons. The summed E-state index contributed by atoms with van der Waals surface area (Å²) in [5.74, 6) is -0.0764. The Bertz CT molecular complexity index is 491. The standard InChI is InChI=1S/C14H16N2O2/c1-10-2-4-11(5-3-10)8-16-13(17)9-15(14(16)18)12-6-7-12/h2-5,12H,6-9H2,1H3. The Hall–Kier alpha value is -1.84. The Balaban J connectivity index is 1.74. The molecule has 0 spiro atoms. The van der Waals surface area contributed by atoms with E-state index in [1.165, 1.54) is 10.5 Å². The number of amides is 3. The average Bonchev–Trinajstić information content (AvgIpc) is 3.14. The second-order valence-corrected chi connectivity index (χ2v) is 5.11. The summed E-state index contributed by atoms with van der Waals surface area (Å²) >= 11 is 0. The Morgan fingerprint density at radius 1 is 1.17 bits per heavy atom. The highest BCUT2D eigenvalue weighted by atomic mass is 16.2. The molecule has 1 saturated carbocycles. The molecule has 0 N–H and O–H groups in total. The summed E-state index contributed by atoms with van der Waals surface area (Å²) in [6.45, 7) is 2.67. The van der Waals surface area contributed by atoms with Gasteiger partial charge in [-0.3, -0.25) is 9.69 Å². The van der Waals surface area contributed by atoms with E-state index in [1.54, 1.807) is 4.90 Å². The van der Waals surface area contributed by atoms with Gasteiger partial charge in [-0.05, 0) is 25.3 Å². The summed E-state index contributed by atoms with van der Waals surface area (Å²) in [4.78, 5) is 27.0. The molecule has 2 fully saturated rings. The molecule has 0 bridgehead atoms. The largest absolute Gasteiger partial charge is 0.327 e.